The van der Waals surface area contributed by atoms with Gasteiger partial charge in [-0.05, 0) is 30.2 Å². The van der Waals surface area contributed by atoms with Crippen molar-refractivity contribution in [2.75, 3.05) is 6.79 Å². The molecule has 7 heteroatoms. The SMILES string of the molecule is CC[C@H](Cn1ncc2ccccc2c1=O)NC(=O)Cc1ccc2c(c1)OCO2. The van der Waals surface area contributed by atoms with Crippen molar-refractivity contribution in [3.63, 3.8) is 0 Å². The lowest BCUT2D eigenvalue weighted by atomic mass is 10.1. The number of carbonyl (C=O) groups excluding carboxylic acids is 1. The Morgan fingerprint density at radius 2 is 2.04 bits per heavy atom. The molecule has 1 aliphatic rings. The standard InChI is InChI=1S/C21H21N3O4/c1-2-16(12-24-21(26)17-6-4-3-5-15(17)11-22-24)23-20(25)10-14-7-8-18-19(9-14)28-13-27-18/h3-9,11,16H,2,10,12-13H2,1H3,(H,23,25)/t16-/m1/s1. The summed E-state index contributed by atoms with van der Waals surface area (Å²) >= 11 is 0. The van der Waals surface area contributed by atoms with Gasteiger partial charge in [0.1, 0.15) is 0 Å². The Morgan fingerprint density at radius 1 is 1.21 bits per heavy atom. The second kappa shape index (κ2) is 7.72. The highest BCUT2D eigenvalue weighted by atomic mass is 16.7. The zero-order valence-corrected chi connectivity index (χ0v) is 15.6. The summed E-state index contributed by atoms with van der Waals surface area (Å²) in [5.41, 5.74) is 0.694. The van der Waals surface area contributed by atoms with Crippen LogP contribution >= 0.6 is 0 Å². The number of nitrogens with zero attached hydrogens (tertiary/aromatic N) is 2. The first-order valence-corrected chi connectivity index (χ1v) is 9.27. The van der Waals surface area contributed by atoms with E-state index < -0.39 is 0 Å². The van der Waals surface area contributed by atoms with Crippen LogP contribution in [0.4, 0.5) is 0 Å². The van der Waals surface area contributed by atoms with Crippen LogP contribution in [0.5, 0.6) is 11.5 Å². The van der Waals surface area contributed by atoms with Crippen molar-refractivity contribution < 1.29 is 14.3 Å². The van der Waals surface area contributed by atoms with E-state index in [4.69, 9.17) is 9.47 Å². The summed E-state index contributed by atoms with van der Waals surface area (Å²) in [6, 6.07) is 12.6. The molecule has 1 aliphatic heterocycles. The maximum absolute atomic E-state index is 12.6. The highest BCUT2D eigenvalue weighted by Crippen LogP contribution is 2.32. The average Bonchev–Trinajstić information content (AvgIpc) is 3.17. The van der Waals surface area contributed by atoms with Crippen LogP contribution in [0.25, 0.3) is 10.8 Å². The van der Waals surface area contributed by atoms with Crippen LogP contribution in [0.2, 0.25) is 0 Å². The van der Waals surface area contributed by atoms with Gasteiger partial charge < -0.3 is 14.8 Å². The number of fused-ring (bicyclic) bond motifs is 2. The molecule has 4 rings (SSSR count). The van der Waals surface area contributed by atoms with Crippen molar-refractivity contribution >= 4 is 16.7 Å². The predicted molar refractivity (Wildman–Crippen MR) is 104 cm³/mol. The van der Waals surface area contributed by atoms with Gasteiger partial charge in [0.05, 0.1) is 24.5 Å². The Labute approximate surface area is 161 Å². The fraction of sp³-hybridized carbons (Fsp3) is 0.286. The van der Waals surface area contributed by atoms with Gasteiger partial charge in [-0.15, -0.1) is 0 Å². The lowest BCUT2D eigenvalue weighted by molar-refractivity contribution is -0.121. The fourth-order valence-electron chi connectivity index (χ4n) is 3.26. The van der Waals surface area contributed by atoms with Crippen molar-refractivity contribution in [2.45, 2.75) is 32.4 Å². The average molecular weight is 379 g/mol. The summed E-state index contributed by atoms with van der Waals surface area (Å²) in [4.78, 5) is 25.1. The van der Waals surface area contributed by atoms with E-state index in [0.29, 0.717) is 29.9 Å². The second-order valence-electron chi connectivity index (χ2n) is 6.76. The van der Waals surface area contributed by atoms with Gasteiger partial charge in [-0.3, -0.25) is 9.59 Å². The number of nitrogens with one attached hydrogen (secondary N) is 1. The maximum Gasteiger partial charge on any atom is 0.274 e. The van der Waals surface area contributed by atoms with E-state index in [-0.39, 0.29) is 30.7 Å². The molecule has 0 saturated heterocycles. The number of carbonyl (C=O) groups is 1. The van der Waals surface area contributed by atoms with Gasteiger partial charge in [0.25, 0.3) is 5.56 Å². The Bertz CT molecular complexity index is 1080. The topological polar surface area (TPSA) is 82.5 Å². The molecule has 2 heterocycles. The van der Waals surface area contributed by atoms with E-state index in [1.165, 1.54) is 4.68 Å². The van der Waals surface area contributed by atoms with Gasteiger partial charge in [0.2, 0.25) is 12.7 Å². The highest BCUT2D eigenvalue weighted by molar-refractivity contribution is 5.80. The Kier molecular flexibility index (Phi) is 4.97. The quantitative estimate of drug-likeness (QED) is 0.710. The maximum atomic E-state index is 12.6. The number of benzene rings is 2. The van der Waals surface area contributed by atoms with Gasteiger partial charge in [-0.2, -0.15) is 5.10 Å². The summed E-state index contributed by atoms with van der Waals surface area (Å²) in [6.45, 7) is 2.50. The van der Waals surface area contributed by atoms with Crippen LogP contribution in [0, 0.1) is 0 Å². The first-order valence-electron chi connectivity index (χ1n) is 9.27. The number of hydrogen-bond donors (Lipinski definition) is 1. The zero-order chi connectivity index (χ0) is 19.5. The number of rotatable bonds is 6. The third-order valence-corrected chi connectivity index (χ3v) is 4.81. The van der Waals surface area contributed by atoms with Gasteiger partial charge in [-0.25, -0.2) is 4.68 Å². The molecule has 0 bridgehead atoms. The first-order chi connectivity index (χ1) is 13.6. The van der Waals surface area contributed by atoms with Crippen LogP contribution in [0.15, 0.2) is 53.5 Å². The van der Waals surface area contributed by atoms with Crippen LogP contribution < -0.4 is 20.3 Å². The van der Waals surface area contributed by atoms with E-state index in [2.05, 4.69) is 10.4 Å². The molecule has 144 valence electrons. The summed E-state index contributed by atoms with van der Waals surface area (Å²) in [6.07, 6.45) is 2.60. The van der Waals surface area contributed by atoms with E-state index >= 15 is 0 Å². The Hall–Kier alpha value is -3.35. The molecule has 0 fully saturated rings. The molecule has 0 radical (unpaired) electrons. The number of ether oxygens (including phenoxy) is 2. The van der Waals surface area contributed by atoms with Crippen LogP contribution in [0.3, 0.4) is 0 Å². The minimum absolute atomic E-state index is 0.112. The normalized spacial score (nSPS) is 13.5. The molecule has 0 saturated carbocycles. The minimum atomic E-state index is -0.187. The first kappa shape index (κ1) is 18.0. The molecule has 0 aliphatic carbocycles. The third-order valence-electron chi connectivity index (χ3n) is 4.81. The summed E-state index contributed by atoms with van der Waals surface area (Å²) < 4.78 is 12.1. The molecular formula is C21H21N3O4. The minimum Gasteiger partial charge on any atom is -0.454 e. The van der Waals surface area contributed by atoms with Crippen molar-refractivity contribution in [3.05, 3.63) is 64.6 Å². The lowest BCUT2D eigenvalue weighted by Gasteiger charge is -2.18. The molecule has 1 amide bonds. The van der Waals surface area contributed by atoms with Crippen molar-refractivity contribution in [1.82, 2.24) is 15.1 Å². The van der Waals surface area contributed by atoms with E-state index in [0.717, 1.165) is 10.9 Å². The summed E-state index contributed by atoms with van der Waals surface area (Å²) in [5, 5.41) is 8.68. The molecule has 1 aromatic heterocycles. The van der Waals surface area contributed by atoms with Crippen LogP contribution in [-0.2, 0) is 17.8 Å². The molecule has 3 aromatic rings. The molecule has 1 atom stereocenters. The Morgan fingerprint density at radius 3 is 2.89 bits per heavy atom. The molecule has 28 heavy (non-hydrogen) atoms. The summed E-state index contributed by atoms with van der Waals surface area (Å²) in [7, 11) is 0. The Balaban J connectivity index is 1.44. The van der Waals surface area contributed by atoms with Gasteiger partial charge in [0, 0.05) is 11.4 Å². The zero-order valence-electron chi connectivity index (χ0n) is 15.6. The van der Waals surface area contributed by atoms with Crippen LogP contribution in [0.1, 0.15) is 18.9 Å². The molecule has 0 spiro atoms. The fourth-order valence-corrected chi connectivity index (χ4v) is 3.26. The molecule has 0 unspecified atom stereocenters. The largest absolute Gasteiger partial charge is 0.454 e. The van der Waals surface area contributed by atoms with E-state index in [1.54, 1.807) is 18.3 Å². The molecule has 2 aromatic carbocycles. The molecular weight excluding hydrogens is 358 g/mol. The molecule has 1 N–H and O–H groups in total. The number of amides is 1. The van der Waals surface area contributed by atoms with Crippen LogP contribution in [-0.4, -0.2) is 28.5 Å². The van der Waals surface area contributed by atoms with Crippen molar-refractivity contribution in [2.24, 2.45) is 0 Å². The van der Waals surface area contributed by atoms with Gasteiger partial charge >= 0.3 is 0 Å². The second-order valence-corrected chi connectivity index (χ2v) is 6.76. The monoisotopic (exact) mass is 379 g/mol. The lowest BCUT2D eigenvalue weighted by Crippen LogP contribution is -2.41. The number of hydrogen-bond acceptors (Lipinski definition) is 5. The highest BCUT2D eigenvalue weighted by Gasteiger charge is 2.17. The van der Waals surface area contributed by atoms with Gasteiger partial charge in [0.15, 0.2) is 11.5 Å². The predicted octanol–water partition coefficient (Wildman–Crippen LogP) is 2.26. The summed E-state index contributed by atoms with van der Waals surface area (Å²) in [5.74, 6) is 1.24. The number of aromatic nitrogens is 2. The van der Waals surface area contributed by atoms with Crippen molar-refractivity contribution in [3.8, 4) is 11.5 Å². The van der Waals surface area contributed by atoms with Gasteiger partial charge in [-0.1, -0.05) is 31.2 Å². The van der Waals surface area contributed by atoms with E-state index in [1.807, 2.05) is 37.3 Å². The van der Waals surface area contributed by atoms with Crippen molar-refractivity contribution in [1.29, 1.82) is 0 Å². The smallest absolute Gasteiger partial charge is 0.274 e. The molecule has 7 nitrogen and oxygen atoms in total. The van der Waals surface area contributed by atoms with E-state index in [9.17, 15) is 9.59 Å². The third kappa shape index (κ3) is 3.69.